The molecule has 0 aliphatic rings. The number of nitrogens with one attached hydrogen (secondary N) is 1. The Morgan fingerprint density at radius 3 is 2.60 bits per heavy atom. The summed E-state index contributed by atoms with van der Waals surface area (Å²) in [5.41, 5.74) is 1.20. The van der Waals surface area contributed by atoms with Gasteiger partial charge in [0.15, 0.2) is 0 Å². The monoisotopic (exact) mass is 350 g/mol. The molecule has 132 valence electrons. The highest BCUT2D eigenvalue weighted by atomic mass is 19.4. The molecule has 1 N–H and O–H groups in total. The largest absolute Gasteiger partial charge is 0.404 e. The molecule has 0 aliphatic carbocycles. The van der Waals surface area contributed by atoms with Crippen LogP contribution in [0, 0.1) is 0 Å². The molecule has 3 rings (SSSR count). The van der Waals surface area contributed by atoms with Crippen molar-refractivity contribution in [2.75, 3.05) is 0 Å². The second kappa shape index (κ2) is 7.06. The molecule has 0 fully saturated rings. The molecule has 3 aromatic heterocycles. The average molecular weight is 350 g/mol. The zero-order valence-electron chi connectivity index (χ0n) is 13.5. The van der Waals surface area contributed by atoms with Crippen LogP contribution in [0.3, 0.4) is 0 Å². The van der Waals surface area contributed by atoms with E-state index in [9.17, 15) is 13.2 Å². The number of aryl methyl sites for hydroxylation is 1. The van der Waals surface area contributed by atoms with E-state index in [0.29, 0.717) is 16.9 Å². The van der Waals surface area contributed by atoms with Gasteiger partial charge >= 0.3 is 6.18 Å². The normalized spacial score (nSPS) is 13.1. The smallest absolute Gasteiger partial charge is 0.302 e. The fourth-order valence-electron chi connectivity index (χ4n) is 2.43. The van der Waals surface area contributed by atoms with Crippen LogP contribution in [0.2, 0.25) is 0 Å². The molecule has 1 atom stereocenters. The lowest BCUT2D eigenvalue weighted by molar-refractivity contribution is -0.155. The van der Waals surface area contributed by atoms with Crippen molar-refractivity contribution >= 4 is 0 Å². The van der Waals surface area contributed by atoms with Gasteiger partial charge in [-0.1, -0.05) is 6.07 Å². The van der Waals surface area contributed by atoms with E-state index in [1.54, 1.807) is 54.9 Å². The fraction of sp³-hybridized carbons (Fsp3) is 0.312. The molecule has 0 unspecified atom stereocenters. The quantitative estimate of drug-likeness (QED) is 0.741. The Morgan fingerprint density at radius 1 is 1.20 bits per heavy atom. The van der Waals surface area contributed by atoms with Crippen LogP contribution >= 0.6 is 0 Å². The van der Waals surface area contributed by atoms with Gasteiger partial charge in [-0.25, -0.2) is 9.97 Å². The molecule has 0 saturated carbocycles. The van der Waals surface area contributed by atoms with Crippen LogP contribution in [0.15, 0.2) is 49.4 Å². The van der Waals surface area contributed by atoms with Crippen molar-refractivity contribution in [2.45, 2.75) is 25.2 Å². The molecule has 9 heteroatoms. The molecule has 0 aliphatic heterocycles. The summed E-state index contributed by atoms with van der Waals surface area (Å²) in [5, 5.41) is 6.47. The fourth-order valence-corrected chi connectivity index (χ4v) is 2.43. The van der Waals surface area contributed by atoms with Crippen LogP contribution in [-0.4, -0.2) is 36.5 Å². The van der Waals surface area contributed by atoms with Crippen molar-refractivity contribution in [1.82, 2.24) is 29.6 Å². The van der Waals surface area contributed by atoms with Crippen molar-refractivity contribution in [3.05, 3.63) is 60.6 Å². The first-order valence-electron chi connectivity index (χ1n) is 7.63. The van der Waals surface area contributed by atoms with Gasteiger partial charge in [-0.2, -0.15) is 18.3 Å². The van der Waals surface area contributed by atoms with Gasteiger partial charge in [-0.15, -0.1) is 0 Å². The molecular formula is C16H17F3N6. The van der Waals surface area contributed by atoms with Crippen LogP contribution in [-0.2, 0) is 20.0 Å². The van der Waals surface area contributed by atoms with Gasteiger partial charge in [0.25, 0.3) is 0 Å². The highest BCUT2D eigenvalue weighted by Crippen LogP contribution is 2.23. The molecule has 0 bridgehead atoms. The molecule has 6 nitrogen and oxygen atoms in total. The number of halogens is 3. The van der Waals surface area contributed by atoms with Crippen LogP contribution in [0.25, 0.3) is 5.82 Å². The predicted molar refractivity (Wildman–Crippen MR) is 85.0 cm³/mol. The molecule has 0 amide bonds. The maximum Gasteiger partial charge on any atom is 0.404 e. The summed E-state index contributed by atoms with van der Waals surface area (Å²) in [4.78, 5) is 8.16. The second-order valence-corrected chi connectivity index (χ2v) is 5.70. The standard InChI is InChI=1S/C16H17F3N6/c1-24-10-13(9-23-24)6-14(16(17,18)19)21-7-12-2-3-15(22-8-12)25-5-4-20-11-25/h2-5,8-11,14,21H,6-7H2,1H3/t14-/m1/s1. The van der Waals surface area contributed by atoms with E-state index in [0.717, 1.165) is 0 Å². The number of hydrogen-bond donors (Lipinski definition) is 1. The minimum Gasteiger partial charge on any atom is -0.302 e. The zero-order valence-corrected chi connectivity index (χ0v) is 13.5. The van der Waals surface area contributed by atoms with Crippen molar-refractivity contribution in [3.8, 4) is 5.82 Å². The summed E-state index contributed by atoms with van der Waals surface area (Å²) < 4.78 is 43.0. The van der Waals surface area contributed by atoms with E-state index < -0.39 is 12.2 Å². The summed E-state index contributed by atoms with van der Waals surface area (Å²) in [7, 11) is 1.67. The van der Waals surface area contributed by atoms with Crippen molar-refractivity contribution in [1.29, 1.82) is 0 Å². The third kappa shape index (κ3) is 4.44. The lowest BCUT2D eigenvalue weighted by Crippen LogP contribution is -2.43. The zero-order chi connectivity index (χ0) is 17.9. The van der Waals surface area contributed by atoms with E-state index in [-0.39, 0.29) is 13.0 Å². The number of nitrogens with zero attached hydrogens (tertiary/aromatic N) is 5. The van der Waals surface area contributed by atoms with Crippen LogP contribution in [0.1, 0.15) is 11.1 Å². The first kappa shape index (κ1) is 17.2. The maximum atomic E-state index is 13.2. The summed E-state index contributed by atoms with van der Waals surface area (Å²) in [6.07, 6.45) is 5.05. The molecule has 3 heterocycles. The van der Waals surface area contributed by atoms with Crippen LogP contribution in [0.4, 0.5) is 13.2 Å². The van der Waals surface area contributed by atoms with E-state index in [2.05, 4.69) is 20.4 Å². The lowest BCUT2D eigenvalue weighted by Gasteiger charge is -2.21. The number of aromatic nitrogens is 5. The molecular weight excluding hydrogens is 333 g/mol. The SMILES string of the molecule is Cn1cc(C[C@@H](NCc2ccc(-n3ccnc3)nc2)C(F)(F)F)cn1. The first-order chi connectivity index (χ1) is 11.9. The van der Waals surface area contributed by atoms with Crippen molar-refractivity contribution in [2.24, 2.45) is 7.05 Å². The molecule has 25 heavy (non-hydrogen) atoms. The first-order valence-corrected chi connectivity index (χ1v) is 7.63. The minimum atomic E-state index is -4.35. The summed E-state index contributed by atoms with van der Waals surface area (Å²) in [6.45, 7) is 0.0711. The Morgan fingerprint density at radius 2 is 2.04 bits per heavy atom. The van der Waals surface area contributed by atoms with E-state index in [1.165, 1.54) is 10.9 Å². The maximum absolute atomic E-state index is 13.2. The average Bonchev–Trinajstić information content (AvgIpc) is 3.22. The number of pyridine rings is 1. The number of alkyl halides is 3. The van der Waals surface area contributed by atoms with Crippen molar-refractivity contribution < 1.29 is 13.2 Å². The Hall–Kier alpha value is -2.68. The summed E-state index contributed by atoms with van der Waals surface area (Å²) in [6, 6.07) is 1.83. The van der Waals surface area contributed by atoms with Crippen molar-refractivity contribution in [3.63, 3.8) is 0 Å². The van der Waals surface area contributed by atoms with Gasteiger partial charge in [-0.3, -0.25) is 9.25 Å². The van der Waals surface area contributed by atoms with Crippen LogP contribution in [0.5, 0.6) is 0 Å². The molecule has 0 spiro atoms. The molecule has 3 aromatic rings. The van der Waals surface area contributed by atoms with E-state index in [1.807, 2.05) is 0 Å². The third-order valence-corrected chi connectivity index (χ3v) is 3.72. The van der Waals surface area contributed by atoms with E-state index >= 15 is 0 Å². The van der Waals surface area contributed by atoms with Gasteiger partial charge in [0.2, 0.25) is 0 Å². The Kier molecular flexibility index (Phi) is 4.84. The van der Waals surface area contributed by atoms with Gasteiger partial charge in [-0.05, 0) is 23.6 Å². The lowest BCUT2D eigenvalue weighted by atomic mass is 10.1. The number of rotatable bonds is 6. The highest BCUT2D eigenvalue weighted by molar-refractivity contribution is 5.25. The summed E-state index contributed by atoms with van der Waals surface area (Å²) >= 11 is 0. The van der Waals surface area contributed by atoms with Gasteiger partial charge in [0.05, 0.1) is 6.20 Å². The summed E-state index contributed by atoms with van der Waals surface area (Å²) in [5.74, 6) is 0.656. The highest BCUT2D eigenvalue weighted by Gasteiger charge is 2.39. The number of hydrogen-bond acceptors (Lipinski definition) is 4. The molecule has 0 saturated heterocycles. The van der Waals surface area contributed by atoms with E-state index in [4.69, 9.17) is 0 Å². The Labute approximate surface area is 142 Å². The predicted octanol–water partition coefficient (Wildman–Crippen LogP) is 2.26. The Bertz CT molecular complexity index is 792. The molecule has 0 aromatic carbocycles. The Balaban J connectivity index is 1.64. The minimum absolute atomic E-state index is 0.0711. The second-order valence-electron chi connectivity index (χ2n) is 5.70. The molecule has 0 radical (unpaired) electrons. The van der Waals surface area contributed by atoms with Crippen LogP contribution < -0.4 is 5.32 Å². The number of imidazole rings is 1. The van der Waals surface area contributed by atoms with Gasteiger partial charge < -0.3 is 5.32 Å². The van der Waals surface area contributed by atoms with Gasteiger partial charge in [0, 0.05) is 38.4 Å². The third-order valence-electron chi connectivity index (χ3n) is 3.72. The van der Waals surface area contributed by atoms with Gasteiger partial charge in [0.1, 0.15) is 18.2 Å². The topological polar surface area (TPSA) is 60.6 Å².